The van der Waals surface area contributed by atoms with Crippen LogP contribution in [0, 0.1) is 6.92 Å². The number of H-pyrrole nitrogens is 1. The molecular formula is C10H12N4O. The Hall–Kier alpha value is -1.91. The quantitative estimate of drug-likeness (QED) is 0.718. The predicted molar refractivity (Wildman–Crippen MR) is 58.7 cm³/mol. The molecule has 5 nitrogen and oxygen atoms in total. The normalized spacial score (nSPS) is 10.8. The van der Waals surface area contributed by atoms with Crippen molar-refractivity contribution in [3.8, 4) is 0 Å². The van der Waals surface area contributed by atoms with Crippen LogP contribution in [-0.4, -0.2) is 15.0 Å². The lowest BCUT2D eigenvalue weighted by molar-refractivity contribution is 1.08. The number of aromatic amines is 1. The number of fused-ring (bicyclic) bond motifs is 1. The second-order valence-corrected chi connectivity index (χ2v) is 3.43. The van der Waals surface area contributed by atoms with Crippen LogP contribution in [0.5, 0.6) is 0 Å². The Kier molecular flexibility index (Phi) is 2.15. The lowest BCUT2D eigenvalue weighted by atomic mass is 10.1. The monoisotopic (exact) mass is 204 g/mol. The third-order valence-electron chi connectivity index (χ3n) is 2.29. The Bertz CT molecular complexity index is 568. The second-order valence-electron chi connectivity index (χ2n) is 3.43. The summed E-state index contributed by atoms with van der Waals surface area (Å²) in [6, 6.07) is 1.90. The number of nitrogens with two attached hydrogens (primary N) is 1. The largest absolute Gasteiger partial charge is 0.369 e. The molecule has 0 fully saturated rings. The summed E-state index contributed by atoms with van der Waals surface area (Å²) in [6.07, 6.45) is 0.772. The molecule has 2 rings (SSSR count). The van der Waals surface area contributed by atoms with Gasteiger partial charge in [-0.05, 0) is 25.0 Å². The van der Waals surface area contributed by atoms with Gasteiger partial charge in [-0.25, -0.2) is 4.98 Å². The topological polar surface area (TPSA) is 84.7 Å². The molecule has 0 aliphatic heterocycles. The summed E-state index contributed by atoms with van der Waals surface area (Å²) < 4.78 is 0. The van der Waals surface area contributed by atoms with Crippen molar-refractivity contribution in [3.63, 3.8) is 0 Å². The maximum atomic E-state index is 11.7. The number of nitrogens with zero attached hydrogens (tertiary/aromatic N) is 2. The van der Waals surface area contributed by atoms with Crippen molar-refractivity contribution in [1.82, 2.24) is 15.0 Å². The average Bonchev–Trinajstić information content (AvgIpc) is 2.14. The minimum absolute atomic E-state index is 0.104. The SMILES string of the molecule is CCc1cc(C)nc2nc(N)[nH]c(=O)c12. The fourth-order valence-electron chi connectivity index (χ4n) is 1.65. The molecule has 0 amide bonds. The summed E-state index contributed by atoms with van der Waals surface area (Å²) in [6.45, 7) is 3.86. The number of rotatable bonds is 1. The first-order chi connectivity index (χ1) is 7.11. The van der Waals surface area contributed by atoms with Crippen LogP contribution < -0.4 is 11.3 Å². The Morgan fingerprint density at radius 1 is 1.47 bits per heavy atom. The molecular weight excluding hydrogens is 192 g/mol. The van der Waals surface area contributed by atoms with E-state index < -0.39 is 0 Å². The number of hydrogen-bond acceptors (Lipinski definition) is 4. The summed E-state index contributed by atoms with van der Waals surface area (Å²) >= 11 is 0. The van der Waals surface area contributed by atoms with Crippen molar-refractivity contribution in [2.24, 2.45) is 0 Å². The van der Waals surface area contributed by atoms with Crippen molar-refractivity contribution in [2.75, 3.05) is 5.73 Å². The van der Waals surface area contributed by atoms with Gasteiger partial charge in [0, 0.05) is 5.69 Å². The van der Waals surface area contributed by atoms with Gasteiger partial charge in [0.1, 0.15) is 0 Å². The molecule has 5 heteroatoms. The van der Waals surface area contributed by atoms with Crippen molar-refractivity contribution < 1.29 is 0 Å². The molecule has 0 radical (unpaired) electrons. The van der Waals surface area contributed by atoms with Crippen LogP contribution in [0.3, 0.4) is 0 Å². The van der Waals surface area contributed by atoms with Gasteiger partial charge in [-0.3, -0.25) is 9.78 Å². The van der Waals surface area contributed by atoms with Gasteiger partial charge in [0.15, 0.2) is 5.65 Å². The fourth-order valence-corrected chi connectivity index (χ4v) is 1.65. The number of nitrogens with one attached hydrogen (secondary N) is 1. The maximum Gasteiger partial charge on any atom is 0.262 e. The molecule has 0 saturated heterocycles. The first-order valence-corrected chi connectivity index (χ1v) is 4.78. The van der Waals surface area contributed by atoms with E-state index in [0.717, 1.165) is 17.7 Å². The molecule has 0 bridgehead atoms. The highest BCUT2D eigenvalue weighted by Gasteiger charge is 2.08. The Morgan fingerprint density at radius 3 is 2.87 bits per heavy atom. The van der Waals surface area contributed by atoms with Gasteiger partial charge in [-0.2, -0.15) is 4.98 Å². The molecule has 0 atom stereocenters. The van der Waals surface area contributed by atoms with Crippen molar-refractivity contribution in [2.45, 2.75) is 20.3 Å². The van der Waals surface area contributed by atoms with E-state index in [-0.39, 0.29) is 11.5 Å². The number of anilines is 1. The van der Waals surface area contributed by atoms with Crippen LogP contribution in [0.1, 0.15) is 18.2 Å². The molecule has 2 heterocycles. The highest BCUT2D eigenvalue weighted by atomic mass is 16.1. The second kappa shape index (κ2) is 3.34. The highest BCUT2D eigenvalue weighted by molar-refractivity contribution is 5.78. The van der Waals surface area contributed by atoms with E-state index in [1.807, 2.05) is 19.9 Å². The van der Waals surface area contributed by atoms with Gasteiger partial charge in [0.25, 0.3) is 5.56 Å². The number of pyridine rings is 1. The van der Waals surface area contributed by atoms with E-state index in [9.17, 15) is 4.79 Å². The van der Waals surface area contributed by atoms with Gasteiger partial charge in [-0.1, -0.05) is 6.92 Å². The fraction of sp³-hybridized carbons (Fsp3) is 0.300. The van der Waals surface area contributed by atoms with E-state index in [2.05, 4.69) is 15.0 Å². The predicted octanol–water partition coefficient (Wildman–Crippen LogP) is 0.771. The number of nitrogen functional groups attached to an aromatic ring is 1. The van der Waals surface area contributed by atoms with Crippen LogP contribution in [0.15, 0.2) is 10.9 Å². The molecule has 0 aliphatic rings. The molecule has 0 aromatic carbocycles. The Labute approximate surface area is 86.4 Å². The zero-order valence-electron chi connectivity index (χ0n) is 8.66. The molecule has 0 saturated carbocycles. The zero-order valence-corrected chi connectivity index (χ0v) is 8.66. The molecule has 0 unspecified atom stereocenters. The molecule has 2 aromatic rings. The third-order valence-corrected chi connectivity index (χ3v) is 2.29. The Balaban J connectivity index is 2.96. The molecule has 3 N–H and O–H groups in total. The number of aryl methyl sites for hydroxylation is 2. The summed E-state index contributed by atoms with van der Waals surface area (Å²) in [5, 5.41) is 0.539. The van der Waals surface area contributed by atoms with Gasteiger partial charge < -0.3 is 5.73 Å². The first-order valence-electron chi connectivity index (χ1n) is 4.78. The molecule has 2 aromatic heterocycles. The van der Waals surface area contributed by atoms with Crippen LogP contribution in [0.2, 0.25) is 0 Å². The van der Waals surface area contributed by atoms with E-state index in [0.29, 0.717) is 11.0 Å². The number of hydrogen-bond donors (Lipinski definition) is 2. The summed E-state index contributed by atoms with van der Waals surface area (Å²) in [4.78, 5) is 22.4. The van der Waals surface area contributed by atoms with Gasteiger partial charge >= 0.3 is 0 Å². The summed E-state index contributed by atoms with van der Waals surface area (Å²) in [5.74, 6) is 0.104. The minimum Gasteiger partial charge on any atom is -0.369 e. The molecule has 0 spiro atoms. The molecule has 0 aliphatic carbocycles. The smallest absolute Gasteiger partial charge is 0.262 e. The maximum absolute atomic E-state index is 11.7. The third kappa shape index (κ3) is 1.56. The van der Waals surface area contributed by atoms with Gasteiger partial charge in [0.05, 0.1) is 5.39 Å². The standard InChI is InChI=1S/C10H12N4O/c1-3-6-4-5(2)12-8-7(6)9(15)14-10(11)13-8/h4H,3H2,1-2H3,(H3,11,12,13,14,15). The van der Waals surface area contributed by atoms with E-state index in [4.69, 9.17) is 5.73 Å². The van der Waals surface area contributed by atoms with Crippen molar-refractivity contribution in [3.05, 3.63) is 27.7 Å². The average molecular weight is 204 g/mol. The summed E-state index contributed by atoms with van der Waals surface area (Å²) in [7, 11) is 0. The highest BCUT2D eigenvalue weighted by Crippen LogP contribution is 2.13. The van der Waals surface area contributed by atoms with Crippen LogP contribution in [0.25, 0.3) is 11.0 Å². The van der Waals surface area contributed by atoms with Gasteiger partial charge in [0.2, 0.25) is 5.95 Å². The Morgan fingerprint density at radius 2 is 2.20 bits per heavy atom. The van der Waals surface area contributed by atoms with Gasteiger partial charge in [-0.15, -0.1) is 0 Å². The van der Waals surface area contributed by atoms with E-state index >= 15 is 0 Å². The van der Waals surface area contributed by atoms with E-state index in [1.54, 1.807) is 0 Å². The molecule has 78 valence electrons. The lowest BCUT2D eigenvalue weighted by Crippen LogP contribution is -2.14. The first kappa shape index (κ1) is 9.64. The van der Waals surface area contributed by atoms with Crippen molar-refractivity contribution in [1.29, 1.82) is 0 Å². The number of aromatic nitrogens is 3. The van der Waals surface area contributed by atoms with Crippen LogP contribution in [0.4, 0.5) is 5.95 Å². The molecule has 15 heavy (non-hydrogen) atoms. The van der Waals surface area contributed by atoms with Crippen LogP contribution >= 0.6 is 0 Å². The minimum atomic E-state index is -0.221. The summed E-state index contributed by atoms with van der Waals surface area (Å²) in [5.41, 5.74) is 7.46. The zero-order chi connectivity index (χ0) is 11.0. The van der Waals surface area contributed by atoms with Crippen LogP contribution in [-0.2, 0) is 6.42 Å². The van der Waals surface area contributed by atoms with E-state index in [1.165, 1.54) is 0 Å². The van der Waals surface area contributed by atoms with Crippen molar-refractivity contribution >= 4 is 17.0 Å². The lowest BCUT2D eigenvalue weighted by Gasteiger charge is -2.04.